The number of carboxylic acid groups (broad SMARTS) is 1. The van der Waals surface area contributed by atoms with Crippen LogP contribution in [0.2, 0.25) is 5.02 Å². The van der Waals surface area contributed by atoms with E-state index in [-0.39, 0.29) is 18.4 Å². The van der Waals surface area contributed by atoms with Gasteiger partial charge in [0.25, 0.3) is 0 Å². The number of nitrogens with zero attached hydrogens (tertiary/aromatic N) is 2. The van der Waals surface area contributed by atoms with Crippen molar-refractivity contribution in [1.29, 1.82) is 0 Å². The van der Waals surface area contributed by atoms with Crippen LogP contribution in [0.15, 0.2) is 22.7 Å². The molecule has 0 unspecified atom stereocenters. The number of carboxylic acids is 1. The predicted octanol–water partition coefficient (Wildman–Crippen LogP) is 6.18. The standard InChI is InChI=1S/C29H38ClN3O4/c1-16-5-8-23(22(30)9-16)31-28(36)21-14-33(15-24(34)35)13-20(21)26-25(18-6-7-18)27(37-32-26)19-10-17(11-19)12-29(2,3)4/h5,8-9,17-21H,6-7,10-15H2,1-4H3,(H,31,36)(H,34,35)/t17-,19+,20-,21-/m0/s1. The zero-order valence-electron chi connectivity index (χ0n) is 22.2. The van der Waals surface area contributed by atoms with Crippen LogP contribution in [-0.2, 0) is 9.59 Å². The Labute approximate surface area is 223 Å². The molecule has 1 amide bonds. The van der Waals surface area contributed by atoms with Crippen molar-refractivity contribution in [1.82, 2.24) is 10.1 Å². The van der Waals surface area contributed by atoms with Gasteiger partial charge in [0, 0.05) is 30.5 Å². The number of anilines is 1. The Hall–Kier alpha value is -2.38. The van der Waals surface area contributed by atoms with E-state index >= 15 is 0 Å². The minimum absolute atomic E-state index is 0.105. The normalized spacial score (nSPS) is 26.2. The third-order valence-corrected chi connectivity index (χ3v) is 8.41. The van der Waals surface area contributed by atoms with Crippen molar-refractivity contribution in [3.05, 3.63) is 45.8 Å². The number of benzene rings is 1. The predicted molar refractivity (Wildman–Crippen MR) is 143 cm³/mol. The number of carbonyl (C=O) groups excluding carboxylic acids is 1. The summed E-state index contributed by atoms with van der Waals surface area (Å²) in [7, 11) is 0. The molecule has 0 radical (unpaired) electrons. The molecule has 2 saturated carbocycles. The van der Waals surface area contributed by atoms with Gasteiger partial charge in [-0.25, -0.2) is 0 Å². The first-order valence-corrected chi connectivity index (χ1v) is 13.9. The highest BCUT2D eigenvalue weighted by Gasteiger charge is 2.47. The first kappa shape index (κ1) is 26.2. The quantitative estimate of drug-likeness (QED) is 0.425. The Morgan fingerprint density at radius 1 is 1.19 bits per heavy atom. The number of rotatable bonds is 8. The Balaban J connectivity index is 1.39. The molecule has 1 saturated heterocycles. The fourth-order valence-corrected chi connectivity index (χ4v) is 6.63. The number of amides is 1. The van der Waals surface area contributed by atoms with Crippen molar-refractivity contribution < 1.29 is 19.2 Å². The molecule has 3 aliphatic rings. The van der Waals surface area contributed by atoms with Crippen molar-refractivity contribution in [3.63, 3.8) is 0 Å². The van der Waals surface area contributed by atoms with Gasteiger partial charge < -0.3 is 14.9 Å². The molecule has 0 bridgehead atoms. The summed E-state index contributed by atoms with van der Waals surface area (Å²) >= 11 is 6.39. The van der Waals surface area contributed by atoms with Gasteiger partial charge in [0.2, 0.25) is 5.91 Å². The topological polar surface area (TPSA) is 95.7 Å². The number of hydrogen-bond acceptors (Lipinski definition) is 5. The van der Waals surface area contributed by atoms with Crippen molar-refractivity contribution in [3.8, 4) is 0 Å². The molecular formula is C29H38ClN3O4. The second-order valence-electron chi connectivity index (χ2n) is 12.7. The van der Waals surface area contributed by atoms with Crippen LogP contribution < -0.4 is 5.32 Å². The molecule has 2 aromatic rings. The number of nitrogens with one attached hydrogen (secondary N) is 1. The molecule has 8 heteroatoms. The third-order valence-electron chi connectivity index (χ3n) is 8.10. The van der Waals surface area contributed by atoms with E-state index in [0.717, 1.165) is 42.7 Å². The second kappa shape index (κ2) is 10.1. The highest BCUT2D eigenvalue weighted by molar-refractivity contribution is 6.33. The first-order chi connectivity index (χ1) is 17.5. The molecule has 5 rings (SSSR count). The Kier molecular flexibility index (Phi) is 7.14. The summed E-state index contributed by atoms with van der Waals surface area (Å²) in [4.78, 5) is 26.9. The highest BCUT2D eigenvalue weighted by Crippen LogP contribution is 2.54. The molecule has 2 N–H and O–H groups in total. The van der Waals surface area contributed by atoms with Crippen molar-refractivity contribution in [2.24, 2.45) is 17.3 Å². The van der Waals surface area contributed by atoms with Crippen molar-refractivity contribution in [2.75, 3.05) is 25.0 Å². The molecule has 200 valence electrons. The van der Waals surface area contributed by atoms with Crippen LogP contribution in [0.25, 0.3) is 0 Å². The number of hydrogen-bond donors (Lipinski definition) is 2. The van der Waals surface area contributed by atoms with E-state index in [1.54, 1.807) is 0 Å². The summed E-state index contributed by atoms with van der Waals surface area (Å²) in [5, 5.41) is 17.5. The summed E-state index contributed by atoms with van der Waals surface area (Å²) in [5.74, 6) is 0.819. The Bertz CT molecular complexity index is 1180. The summed E-state index contributed by atoms with van der Waals surface area (Å²) in [5.41, 5.74) is 3.96. The van der Waals surface area contributed by atoms with Gasteiger partial charge in [-0.3, -0.25) is 14.5 Å². The summed E-state index contributed by atoms with van der Waals surface area (Å²) < 4.78 is 6.05. The minimum Gasteiger partial charge on any atom is -0.480 e. The van der Waals surface area contributed by atoms with E-state index in [9.17, 15) is 14.7 Å². The molecule has 2 aliphatic carbocycles. The largest absolute Gasteiger partial charge is 0.480 e. The van der Waals surface area contributed by atoms with E-state index in [0.29, 0.717) is 47.0 Å². The molecular weight excluding hydrogens is 490 g/mol. The van der Waals surface area contributed by atoms with Crippen LogP contribution in [0, 0.1) is 24.2 Å². The number of aryl methyl sites for hydroxylation is 1. The number of carbonyl (C=O) groups is 2. The van der Waals surface area contributed by atoms with Crippen LogP contribution in [0.1, 0.15) is 93.2 Å². The fourth-order valence-electron chi connectivity index (χ4n) is 6.34. The number of halogens is 1. The number of aromatic nitrogens is 1. The Morgan fingerprint density at radius 3 is 2.54 bits per heavy atom. The zero-order valence-corrected chi connectivity index (χ0v) is 23.0. The van der Waals surface area contributed by atoms with Gasteiger partial charge in [0.15, 0.2) is 0 Å². The summed E-state index contributed by atoms with van der Waals surface area (Å²) in [6.07, 6.45) is 5.68. The van der Waals surface area contributed by atoms with Crippen LogP contribution >= 0.6 is 11.6 Å². The molecule has 1 aromatic carbocycles. The number of likely N-dealkylation sites (tertiary alicyclic amines) is 1. The molecule has 1 aliphatic heterocycles. The van der Waals surface area contributed by atoms with E-state index in [1.165, 1.54) is 12.0 Å². The van der Waals surface area contributed by atoms with Gasteiger partial charge >= 0.3 is 5.97 Å². The summed E-state index contributed by atoms with van der Waals surface area (Å²) in [6.45, 7) is 9.54. The minimum atomic E-state index is -0.899. The van der Waals surface area contributed by atoms with Crippen molar-refractivity contribution in [2.45, 2.75) is 77.6 Å². The second-order valence-corrected chi connectivity index (χ2v) is 13.1. The lowest BCUT2D eigenvalue weighted by molar-refractivity contribution is -0.138. The van der Waals surface area contributed by atoms with Gasteiger partial charge in [-0.05, 0) is 74.0 Å². The summed E-state index contributed by atoms with van der Waals surface area (Å²) in [6, 6.07) is 5.54. The van der Waals surface area contributed by atoms with E-state index in [4.69, 9.17) is 16.1 Å². The smallest absolute Gasteiger partial charge is 0.317 e. The fraction of sp³-hybridized carbons (Fsp3) is 0.621. The highest BCUT2D eigenvalue weighted by atomic mass is 35.5. The lowest BCUT2D eigenvalue weighted by atomic mass is 9.66. The molecule has 2 atom stereocenters. The van der Waals surface area contributed by atoms with E-state index in [1.807, 2.05) is 30.0 Å². The SMILES string of the molecule is Cc1ccc(NC(=O)[C@H]2CN(CC(=O)O)C[C@@H]2c2noc([C@H]3C[C@@H](CC(C)(C)C)C3)c2C2CC2)c(Cl)c1. The lowest BCUT2D eigenvalue weighted by Gasteiger charge is -2.38. The van der Waals surface area contributed by atoms with Gasteiger partial charge in [-0.2, -0.15) is 0 Å². The molecule has 3 fully saturated rings. The van der Waals surface area contributed by atoms with Gasteiger partial charge in [-0.15, -0.1) is 0 Å². The molecule has 0 spiro atoms. The molecule has 7 nitrogen and oxygen atoms in total. The van der Waals surface area contributed by atoms with Gasteiger partial charge in [0.1, 0.15) is 5.76 Å². The van der Waals surface area contributed by atoms with Crippen LogP contribution in [0.5, 0.6) is 0 Å². The molecule has 1 aromatic heterocycles. The number of aliphatic carboxylic acids is 1. The van der Waals surface area contributed by atoms with Crippen LogP contribution in [-0.4, -0.2) is 46.7 Å². The van der Waals surface area contributed by atoms with Gasteiger partial charge in [0.05, 0.1) is 28.9 Å². The Morgan fingerprint density at radius 2 is 1.92 bits per heavy atom. The zero-order chi connectivity index (χ0) is 26.5. The lowest BCUT2D eigenvalue weighted by Crippen LogP contribution is -2.31. The maximum absolute atomic E-state index is 13.5. The van der Waals surface area contributed by atoms with Crippen LogP contribution in [0.4, 0.5) is 5.69 Å². The van der Waals surface area contributed by atoms with E-state index in [2.05, 4.69) is 31.2 Å². The average molecular weight is 528 g/mol. The van der Waals surface area contributed by atoms with Gasteiger partial charge in [-0.1, -0.05) is 43.6 Å². The average Bonchev–Trinajstić information content (AvgIpc) is 3.38. The van der Waals surface area contributed by atoms with Crippen molar-refractivity contribution >= 4 is 29.2 Å². The monoisotopic (exact) mass is 527 g/mol. The molecule has 37 heavy (non-hydrogen) atoms. The van der Waals surface area contributed by atoms with Crippen LogP contribution in [0.3, 0.4) is 0 Å². The third kappa shape index (κ3) is 5.88. The maximum Gasteiger partial charge on any atom is 0.317 e. The molecule has 2 heterocycles. The van der Waals surface area contributed by atoms with E-state index < -0.39 is 11.9 Å². The maximum atomic E-state index is 13.5. The first-order valence-electron chi connectivity index (χ1n) is 13.5.